The first-order chi connectivity index (χ1) is 10.0. The first-order valence-corrected chi connectivity index (χ1v) is 7.82. The Labute approximate surface area is 125 Å². The molecule has 114 valence electrons. The summed E-state index contributed by atoms with van der Waals surface area (Å²) in [4.78, 5) is 12.6. The van der Waals surface area contributed by atoms with Gasteiger partial charge in [0.2, 0.25) is 0 Å². The molecule has 0 radical (unpaired) electrons. The van der Waals surface area contributed by atoms with Gasteiger partial charge in [-0.05, 0) is 42.3 Å². The van der Waals surface area contributed by atoms with Crippen LogP contribution in [0.2, 0.25) is 0 Å². The zero-order chi connectivity index (χ0) is 15.0. The fourth-order valence-electron chi connectivity index (χ4n) is 3.61. The van der Waals surface area contributed by atoms with Crippen molar-refractivity contribution in [2.75, 3.05) is 19.6 Å². The third-order valence-electron chi connectivity index (χ3n) is 5.16. The maximum Gasteiger partial charge on any atom is 0.256 e. The van der Waals surface area contributed by atoms with Crippen LogP contribution in [0.5, 0.6) is 0 Å². The first kappa shape index (κ1) is 14.5. The molecule has 4 nitrogen and oxygen atoms in total. The lowest BCUT2D eigenvalue weighted by Gasteiger charge is -2.31. The minimum atomic E-state index is -1.45. The van der Waals surface area contributed by atoms with Crippen LogP contribution < -0.4 is 10.6 Å². The molecule has 21 heavy (non-hydrogen) atoms. The molecule has 3 rings (SSSR count). The van der Waals surface area contributed by atoms with Crippen LogP contribution in [0, 0.1) is 23.7 Å². The Morgan fingerprint density at radius 2 is 1.95 bits per heavy atom. The molecule has 2 aliphatic rings. The van der Waals surface area contributed by atoms with Crippen molar-refractivity contribution in [1.29, 1.82) is 0 Å². The highest BCUT2D eigenvalue weighted by Crippen LogP contribution is 2.48. The Morgan fingerprint density at radius 3 is 2.52 bits per heavy atom. The Balaban J connectivity index is 1.67. The molecule has 1 saturated heterocycles. The van der Waals surface area contributed by atoms with Crippen LogP contribution in [-0.2, 0) is 10.4 Å². The second-order valence-electron chi connectivity index (χ2n) is 6.65. The second-order valence-corrected chi connectivity index (χ2v) is 6.65. The van der Waals surface area contributed by atoms with Crippen molar-refractivity contribution in [2.45, 2.75) is 19.4 Å². The van der Waals surface area contributed by atoms with E-state index in [1.165, 1.54) is 0 Å². The monoisotopic (exact) mass is 288 g/mol. The third-order valence-corrected chi connectivity index (χ3v) is 5.16. The standard InChI is InChI=1S/C17H24N2O2/c1-11(2)17(21,12-6-4-3-5-7-12)16(20)19-10-15-13-8-18-9-14(13)15/h3-7,11,13-15,18,21H,8-10H2,1-2H3,(H,19,20)/t13-,14?,15+,17+/m1/s1. The predicted octanol–water partition coefficient (Wildman–Crippen LogP) is 1.11. The lowest BCUT2D eigenvalue weighted by Crippen LogP contribution is -2.48. The number of hydrogen-bond acceptors (Lipinski definition) is 3. The normalized spacial score (nSPS) is 29.8. The molecule has 1 heterocycles. The van der Waals surface area contributed by atoms with Crippen LogP contribution >= 0.6 is 0 Å². The zero-order valence-electron chi connectivity index (χ0n) is 12.7. The number of fused-ring (bicyclic) bond motifs is 1. The van der Waals surface area contributed by atoms with Gasteiger partial charge in [-0.15, -0.1) is 0 Å². The fraction of sp³-hybridized carbons (Fsp3) is 0.588. The third kappa shape index (κ3) is 2.47. The molecule has 1 aliphatic carbocycles. The fourth-order valence-corrected chi connectivity index (χ4v) is 3.61. The molecule has 1 aromatic carbocycles. The number of carbonyl (C=O) groups is 1. The number of benzene rings is 1. The minimum absolute atomic E-state index is 0.180. The molecule has 0 bridgehead atoms. The smallest absolute Gasteiger partial charge is 0.256 e. The molecule has 3 N–H and O–H groups in total. The quantitative estimate of drug-likeness (QED) is 0.761. The van der Waals surface area contributed by atoms with Crippen molar-refractivity contribution < 1.29 is 9.90 Å². The molecule has 1 aliphatic heterocycles. The van der Waals surface area contributed by atoms with Gasteiger partial charge in [0.1, 0.15) is 0 Å². The molecule has 1 saturated carbocycles. The van der Waals surface area contributed by atoms with Gasteiger partial charge in [0.15, 0.2) is 5.60 Å². The van der Waals surface area contributed by atoms with Crippen molar-refractivity contribution in [3.05, 3.63) is 35.9 Å². The van der Waals surface area contributed by atoms with Crippen LogP contribution in [0.3, 0.4) is 0 Å². The number of piperidine rings is 1. The molecule has 1 aromatic rings. The van der Waals surface area contributed by atoms with Gasteiger partial charge in [-0.1, -0.05) is 44.2 Å². The van der Waals surface area contributed by atoms with Crippen LogP contribution in [0.1, 0.15) is 19.4 Å². The van der Waals surface area contributed by atoms with E-state index < -0.39 is 5.60 Å². The maximum absolute atomic E-state index is 12.6. The lowest BCUT2D eigenvalue weighted by molar-refractivity contribution is -0.146. The first-order valence-electron chi connectivity index (χ1n) is 7.82. The highest BCUT2D eigenvalue weighted by molar-refractivity contribution is 5.86. The summed E-state index contributed by atoms with van der Waals surface area (Å²) in [7, 11) is 0. The number of rotatable bonds is 5. The van der Waals surface area contributed by atoms with Crippen LogP contribution in [0.25, 0.3) is 0 Å². The van der Waals surface area contributed by atoms with Gasteiger partial charge in [-0.2, -0.15) is 0 Å². The van der Waals surface area contributed by atoms with E-state index in [0.29, 0.717) is 29.9 Å². The molecule has 4 atom stereocenters. The average molecular weight is 288 g/mol. The van der Waals surface area contributed by atoms with Gasteiger partial charge in [-0.25, -0.2) is 0 Å². The van der Waals surface area contributed by atoms with E-state index in [1.807, 2.05) is 44.2 Å². The zero-order valence-corrected chi connectivity index (χ0v) is 12.7. The van der Waals surface area contributed by atoms with Crippen molar-refractivity contribution in [3.8, 4) is 0 Å². The van der Waals surface area contributed by atoms with Crippen molar-refractivity contribution in [3.63, 3.8) is 0 Å². The van der Waals surface area contributed by atoms with E-state index in [4.69, 9.17) is 0 Å². The lowest BCUT2D eigenvalue weighted by atomic mass is 9.82. The largest absolute Gasteiger partial charge is 0.375 e. The van der Waals surface area contributed by atoms with Gasteiger partial charge >= 0.3 is 0 Å². The SMILES string of the molecule is CC(C)[C@@](O)(C(=O)NC[C@@H]1C2CNC[C@H]21)c1ccccc1. The Bertz CT molecular complexity index is 507. The number of nitrogens with one attached hydrogen (secondary N) is 2. The summed E-state index contributed by atoms with van der Waals surface area (Å²) in [5.41, 5.74) is -0.793. The summed E-state index contributed by atoms with van der Waals surface area (Å²) < 4.78 is 0. The van der Waals surface area contributed by atoms with Gasteiger partial charge in [-0.3, -0.25) is 4.79 Å². The summed E-state index contributed by atoms with van der Waals surface area (Å²) in [6, 6.07) is 9.23. The number of amides is 1. The van der Waals surface area contributed by atoms with Crippen molar-refractivity contribution in [2.24, 2.45) is 23.7 Å². The molecule has 1 amide bonds. The highest BCUT2D eigenvalue weighted by Gasteiger charge is 2.53. The van der Waals surface area contributed by atoms with E-state index >= 15 is 0 Å². The molecule has 1 unspecified atom stereocenters. The average Bonchev–Trinajstić information content (AvgIpc) is 2.93. The van der Waals surface area contributed by atoms with Crippen molar-refractivity contribution in [1.82, 2.24) is 10.6 Å². The Kier molecular flexibility index (Phi) is 3.76. The summed E-state index contributed by atoms with van der Waals surface area (Å²) in [6.07, 6.45) is 0. The molecular weight excluding hydrogens is 264 g/mol. The Hall–Kier alpha value is -1.39. The summed E-state index contributed by atoms with van der Waals surface area (Å²) >= 11 is 0. The van der Waals surface area contributed by atoms with Gasteiger partial charge in [0.25, 0.3) is 5.91 Å². The predicted molar refractivity (Wildman–Crippen MR) is 81.5 cm³/mol. The number of aliphatic hydroxyl groups is 1. The number of carbonyl (C=O) groups excluding carboxylic acids is 1. The molecule has 0 spiro atoms. The molecular formula is C17H24N2O2. The molecule has 0 aromatic heterocycles. The summed E-state index contributed by atoms with van der Waals surface area (Å²) in [6.45, 7) is 6.57. The topological polar surface area (TPSA) is 61.4 Å². The maximum atomic E-state index is 12.6. The van der Waals surface area contributed by atoms with Gasteiger partial charge in [0.05, 0.1) is 0 Å². The van der Waals surface area contributed by atoms with E-state index in [9.17, 15) is 9.90 Å². The van der Waals surface area contributed by atoms with Crippen LogP contribution in [-0.4, -0.2) is 30.6 Å². The number of hydrogen-bond donors (Lipinski definition) is 3. The van der Waals surface area contributed by atoms with Crippen molar-refractivity contribution >= 4 is 5.91 Å². The van der Waals surface area contributed by atoms with Crippen LogP contribution in [0.15, 0.2) is 30.3 Å². The Morgan fingerprint density at radius 1 is 1.33 bits per heavy atom. The van der Waals surface area contributed by atoms with E-state index in [0.717, 1.165) is 13.1 Å². The van der Waals surface area contributed by atoms with E-state index in [-0.39, 0.29) is 11.8 Å². The van der Waals surface area contributed by atoms with Gasteiger partial charge < -0.3 is 15.7 Å². The van der Waals surface area contributed by atoms with E-state index in [2.05, 4.69) is 10.6 Å². The molecule has 2 fully saturated rings. The van der Waals surface area contributed by atoms with E-state index in [1.54, 1.807) is 0 Å². The molecule has 4 heteroatoms. The summed E-state index contributed by atoms with van der Waals surface area (Å²) in [5, 5.41) is 17.3. The van der Waals surface area contributed by atoms with Crippen LogP contribution in [0.4, 0.5) is 0 Å². The second kappa shape index (κ2) is 5.43. The van der Waals surface area contributed by atoms with Gasteiger partial charge in [0, 0.05) is 6.54 Å². The highest BCUT2D eigenvalue weighted by atomic mass is 16.3. The minimum Gasteiger partial charge on any atom is -0.375 e. The summed E-state index contributed by atoms with van der Waals surface area (Å²) in [5.74, 6) is 1.56.